The maximum absolute atomic E-state index is 13.3. The molecule has 0 saturated carbocycles. The Morgan fingerprint density at radius 2 is 2.00 bits per heavy atom. The van der Waals surface area contributed by atoms with Gasteiger partial charge in [-0.05, 0) is 35.7 Å². The third-order valence-corrected chi connectivity index (χ3v) is 3.75. The summed E-state index contributed by atoms with van der Waals surface area (Å²) >= 11 is 0. The molecule has 0 fully saturated rings. The number of ether oxygens (including phenoxy) is 1. The van der Waals surface area contributed by atoms with E-state index in [-0.39, 0.29) is 18.5 Å². The maximum atomic E-state index is 13.3. The van der Waals surface area contributed by atoms with Crippen LogP contribution >= 0.6 is 0 Å². The number of hydrogen-bond acceptors (Lipinski definition) is 3. The summed E-state index contributed by atoms with van der Waals surface area (Å²) in [4.78, 5) is 17.2. The first-order valence-electron chi connectivity index (χ1n) is 6.43. The van der Waals surface area contributed by atoms with Crippen molar-refractivity contribution in [3.05, 3.63) is 47.5 Å². The van der Waals surface area contributed by atoms with Gasteiger partial charge in [-0.25, -0.2) is 9.18 Å². The average molecular weight is 270 g/mol. The second-order valence-corrected chi connectivity index (χ2v) is 4.99. The average Bonchev–Trinajstić information content (AvgIpc) is 2.88. The Labute approximate surface area is 114 Å². The minimum absolute atomic E-state index is 0.272. The van der Waals surface area contributed by atoms with E-state index in [9.17, 15) is 9.18 Å². The van der Waals surface area contributed by atoms with Crippen LogP contribution in [0.2, 0.25) is 0 Å². The van der Waals surface area contributed by atoms with Crippen LogP contribution in [0.5, 0.6) is 0 Å². The van der Waals surface area contributed by atoms with Crippen LogP contribution in [0.4, 0.5) is 14.9 Å². The zero-order valence-electron chi connectivity index (χ0n) is 10.6. The molecule has 4 rings (SSSR count). The van der Waals surface area contributed by atoms with Crippen LogP contribution in [0.15, 0.2) is 30.6 Å². The summed E-state index contributed by atoms with van der Waals surface area (Å²) in [5.74, 6) is -0.357. The highest BCUT2D eigenvalue weighted by Gasteiger charge is 2.32. The molecule has 100 valence electrons. The topological polar surface area (TPSA) is 42.4 Å². The van der Waals surface area contributed by atoms with E-state index >= 15 is 0 Å². The molecule has 2 aliphatic rings. The summed E-state index contributed by atoms with van der Waals surface area (Å²) in [6, 6.07) is 5.41. The van der Waals surface area contributed by atoms with Crippen molar-refractivity contribution in [2.24, 2.45) is 0 Å². The lowest BCUT2D eigenvalue weighted by Gasteiger charge is -2.25. The van der Waals surface area contributed by atoms with E-state index in [1.54, 1.807) is 11.1 Å². The van der Waals surface area contributed by atoms with Crippen molar-refractivity contribution < 1.29 is 13.9 Å². The third kappa shape index (κ3) is 1.59. The maximum Gasteiger partial charge on any atom is 0.414 e. The molecule has 1 aromatic carbocycles. The summed E-state index contributed by atoms with van der Waals surface area (Å²) in [6.45, 7) is 0.917. The number of cyclic esters (lactones) is 1. The third-order valence-electron chi connectivity index (χ3n) is 3.75. The number of nitrogens with zero attached hydrogens (tertiary/aromatic N) is 2. The van der Waals surface area contributed by atoms with E-state index < -0.39 is 0 Å². The van der Waals surface area contributed by atoms with Crippen LogP contribution in [0.1, 0.15) is 11.1 Å². The lowest BCUT2D eigenvalue weighted by atomic mass is 9.98. The van der Waals surface area contributed by atoms with Gasteiger partial charge in [0, 0.05) is 23.9 Å². The number of halogens is 1. The van der Waals surface area contributed by atoms with Crippen LogP contribution in [0, 0.1) is 5.82 Å². The standard InChI is InChI=1S/C15H11FN2O2/c16-13-5-11(6-17-7-13)10-3-9-1-2-18-14(9)12(4-10)8-20-15(18)19/h3-7H,1-2,8H2. The Bertz CT molecular complexity index is 730. The summed E-state index contributed by atoms with van der Waals surface area (Å²) in [5.41, 5.74) is 4.69. The lowest BCUT2D eigenvalue weighted by Crippen LogP contribution is -2.33. The second kappa shape index (κ2) is 4.03. The fraction of sp³-hybridized carbons (Fsp3) is 0.200. The van der Waals surface area contributed by atoms with E-state index in [0.29, 0.717) is 6.54 Å². The van der Waals surface area contributed by atoms with Crippen LogP contribution in [-0.4, -0.2) is 17.6 Å². The Morgan fingerprint density at radius 1 is 1.15 bits per heavy atom. The first-order valence-corrected chi connectivity index (χ1v) is 6.43. The molecule has 0 atom stereocenters. The molecule has 0 unspecified atom stereocenters. The molecular weight excluding hydrogens is 259 g/mol. The molecule has 0 saturated heterocycles. The predicted octanol–water partition coefficient (Wildman–Crippen LogP) is 2.90. The van der Waals surface area contributed by atoms with E-state index in [2.05, 4.69) is 4.98 Å². The van der Waals surface area contributed by atoms with Crippen molar-refractivity contribution in [3.63, 3.8) is 0 Å². The Hall–Kier alpha value is -2.43. The molecular formula is C15H11FN2O2. The first-order chi connectivity index (χ1) is 9.72. The molecule has 20 heavy (non-hydrogen) atoms. The quantitative estimate of drug-likeness (QED) is 0.800. The Balaban J connectivity index is 1.87. The van der Waals surface area contributed by atoms with Crippen molar-refractivity contribution in [3.8, 4) is 11.1 Å². The number of pyridine rings is 1. The normalized spacial score (nSPS) is 16.1. The van der Waals surface area contributed by atoms with Gasteiger partial charge in [0.1, 0.15) is 12.4 Å². The van der Waals surface area contributed by atoms with E-state index in [1.165, 1.54) is 12.3 Å². The van der Waals surface area contributed by atoms with Crippen molar-refractivity contribution >= 4 is 11.8 Å². The van der Waals surface area contributed by atoms with E-state index in [0.717, 1.165) is 34.4 Å². The smallest absolute Gasteiger partial charge is 0.414 e. The predicted molar refractivity (Wildman–Crippen MR) is 70.9 cm³/mol. The van der Waals surface area contributed by atoms with Gasteiger partial charge in [0.25, 0.3) is 0 Å². The largest absolute Gasteiger partial charge is 0.444 e. The molecule has 0 radical (unpaired) electrons. The van der Waals surface area contributed by atoms with Crippen LogP contribution in [0.25, 0.3) is 11.1 Å². The molecule has 0 bridgehead atoms. The number of amides is 1. The van der Waals surface area contributed by atoms with Gasteiger partial charge in [-0.3, -0.25) is 9.88 Å². The minimum atomic E-state index is -0.357. The number of anilines is 1. The number of hydrogen-bond donors (Lipinski definition) is 0. The highest BCUT2D eigenvalue weighted by atomic mass is 19.1. The summed E-state index contributed by atoms with van der Waals surface area (Å²) in [6.07, 6.45) is 3.34. The van der Waals surface area contributed by atoms with Crippen LogP contribution in [-0.2, 0) is 17.8 Å². The monoisotopic (exact) mass is 270 g/mol. The molecule has 4 nitrogen and oxygen atoms in total. The molecule has 1 amide bonds. The molecule has 2 aromatic rings. The van der Waals surface area contributed by atoms with E-state index in [1.807, 2.05) is 12.1 Å². The van der Waals surface area contributed by atoms with Gasteiger partial charge in [0.05, 0.1) is 11.9 Å². The van der Waals surface area contributed by atoms with Gasteiger partial charge in [0.2, 0.25) is 0 Å². The van der Waals surface area contributed by atoms with Gasteiger partial charge < -0.3 is 4.74 Å². The fourth-order valence-corrected chi connectivity index (χ4v) is 2.89. The van der Waals surface area contributed by atoms with Crippen molar-refractivity contribution in [2.45, 2.75) is 13.0 Å². The minimum Gasteiger partial charge on any atom is -0.444 e. The number of rotatable bonds is 1. The van der Waals surface area contributed by atoms with Crippen molar-refractivity contribution in [1.29, 1.82) is 0 Å². The fourth-order valence-electron chi connectivity index (χ4n) is 2.89. The van der Waals surface area contributed by atoms with Crippen LogP contribution in [0.3, 0.4) is 0 Å². The molecule has 3 heterocycles. The lowest BCUT2D eigenvalue weighted by molar-refractivity contribution is 0.143. The van der Waals surface area contributed by atoms with Crippen molar-refractivity contribution in [2.75, 3.05) is 11.4 Å². The van der Waals surface area contributed by atoms with Gasteiger partial charge in [-0.1, -0.05) is 0 Å². The number of benzene rings is 1. The molecule has 1 aromatic heterocycles. The van der Waals surface area contributed by atoms with Crippen LogP contribution < -0.4 is 4.90 Å². The summed E-state index contributed by atoms with van der Waals surface area (Å²) in [7, 11) is 0. The Kier molecular flexibility index (Phi) is 2.30. The number of carbonyl (C=O) groups excluding carboxylic acids is 1. The highest BCUT2D eigenvalue weighted by Crippen LogP contribution is 2.39. The van der Waals surface area contributed by atoms with Gasteiger partial charge in [-0.15, -0.1) is 0 Å². The molecule has 5 heteroatoms. The molecule has 0 N–H and O–H groups in total. The Morgan fingerprint density at radius 3 is 2.85 bits per heavy atom. The first kappa shape index (κ1) is 11.4. The second-order valence-electron chi connectivity index (χ2n) is 4.99. The molecule has 0 aliphatic carbocycles. The van der Waals surface area contributed by atoms with Gasteiger partial charge in [-0.2, -0.15) is 0 Å². The van der Waals surface area contributed by atoms with E-state index in [4.69, 9.17) is 4.74 Å². The zero-order valence-corrected chi connectivity index (χ0v) is 10.6. The van der Waals surface area contributed by atoms with Gasteiger partial charge >= 0.3 is 6.09 Å². The zero-order chi connectivity index (χ0) is 13.7. The highest BCUT2D eigenvalue weighted by molar-refractivity contribution is 5.94. The molecule has 0 spiro atoms. The number of aromatic nitrogens is 1. The van der Waals surface area contributed by atoms with Crippen molar-refractivity contribution in [1.82, 2.24) is 4.98 Å². The molecule has 2 aliphatic heterocycles. The van der Waals surface area contributed by atoms with Gasteiger partial charge in [0.15, 0.2) is 0 Å². The summed E-state index contributed by atoms with van der Waals surface area (Å²) in [5, 5.41) is 0. The number of carbonyl (C=O) groups is 1. The summed E-state index contributed by atoms with van der Waals surface area (Å²) < 4.78 is 18.4. The SMILES string of the molecule is O=C1OCc2cc(-c3cncc(F)c3)cc3c2N1CC3.